The average molecular weight is 520 g/mol. The molecule has 6 rings (SSSR count). The highest BCUT2D eigenvalue weighted by atomic mass is 79.9. The molecule has 2 nitrogen and oxygen atoms in total. The van der Waals surface area contributed by atoms with Crippen LogP contribution >= 0.6 is 31.9 Å². The van der Waals surface area contributed by atoms with Crippen molar-refractivity contribution < 1.29 is 0 Å². The number of benzene rings is 4. The number of nitrogens with zero attached hydrogens (tertiary/aromatic N) is 2. The van der Waals surface area contributed by atoms with E-state index in [-0.39, 0.29) is 0 Å². The molecule has 148 valence electrons. The van der Waals surface area contributed by atoms with E-state index in [2.05, 4.69) is 140 Å². The minimum Gasteiger partial charge on any atom is -0.344 e. The Hall–Kier alpha value is -2.56. The Balaban J connectivity index is 0.000000130. The summed E-state index contributed by atoms with van der Waals surface area (Å²) in [6.07, 6.45) is 0. The lowest BCUT2D eigenvalue weighted by Gasteiger charge is -1.97. The lowest BCUT2D eigenvalue weighted by molar-refractivity contribution is 1.01. The van der Waals surface area contributed by atoms with E-state index in [1.54, 1.807) is 0 Å². The Labute approximate surface area is 192 Å². The van der Waals surface area contributed by atoms with Gasteiger partial charge in [0.05, 0.1) is 0 Å². The molecule has 0 atom stereocenters. The molecule has 0 spiro atoms. The van der Waals surface area contributed by atoms with Crippen LogP contribution in [-0.4, -0.2) is 9.13 Å². The summed E-state index contributed by atoms with van der Waals surface area (Å²) < 4.78 is 6.70. The molecule has 2 heterocycles. The van der Waals surface area contributed by atoms with Gasteiger partial charge in [0.2, 0.25) is 0 Å². The molecule has 6 aromatic rings. The van der Waals surface area contributed by atoms with Crippen LogP contribution < -0.4 is 0 Å². The SMILES string of the molecule is Cn1c2ccc(Br)cc2c2cc(Br)ccc21.Cn1c2ccccc2c2ccccc21. The maximum absolute atomic E-state index is 3.52. The number of hydrogen-bond acceptors (Lipinski definition) is 0. The molecule has 30 heavy (non-hydrogen) atoms. The molecule has 0 fully saturated rings. The van der Waals surface area contributed by atoms with E-state index >= 15 is 0 Å². The molecular weight excluding hydrogens is 500 g/mol. The summed E-state index contributed by atoms with van der Waals surface area (Å²) >= 11 is 7.05. The molecule has 0 unspecified atom stereocenters. The standard InChI is InChI=1S/C13H9Br2N.C13H11N/c1-16-12-4-2-8(14)6-10(12)11-7-9(15)3-5-13(11)16;1-14-12-8-4-2-6-10(12)11-7-3-5-9-13(11)14/h2-7H,1H3;2-9H,1H3. The molecule has 0 radical (unpaired) electrons. The van der Waals surface area contributed by atoms with Gasteiger partial charge in [-0.15, -0.1) is 0 Å². The minimum atomic E-state index is 1.12. The number of fused-ring (bicyclic) bond motifs is 6. The third kappa shape index (κ3) is 3.15. The first-order chi connectivity index (χ1) is 14.5. The lowest BCUT2D eigenvalue weighted by Crippen LogP contribution is -1.85. The molecular formula is C26H20Br2N2. The van der Waals surface area contributed by atoms with Gasteiger partial charge < -0.3 is 9.13 Å². The fraction of sp³-hybridized carbons (Fsp3) is 0.0769. The van der Waals surface area contributed by atoms with Crippen molar-refractivity contribution in [1.82, 2.24) is 9.13 Å². The summed E-state index contributed by atoms with van der Waals surface area (Å²) in [4.78, 5) is 0. The topological polar surface area (TPSA) is 9.86 Å². The van der Waals surface area contributed by atoms with Gasteiger partial charge in [-0.25, -0.2) is 0 Å². The Morgan fingerprint density at radius 3 is 1.27 bits per heavy atom. The van der Waals surface area contributed by atoms with Gasteiger partial charge in [0.1, 0.15) is 0 Å². The van der Waals surface area contributed by atoms with Crippen LogP contribution in [0.25, 0.3) is 43.6 Å². The van der Waals surface area contributed by atoms with Crippen LogP contribution in [0.15, 0.2) is 93.9 Å². The fourth-order valence-electron chi connectivity index (χ4n) is 4.28. The molecule has 0 amide bonds. The maximum atomic E-state index is 3.52. The van der Waals surface area contributed by atoms with Crippen molar-refractivity contribution in [3.05, 3.63) is 93.9 Å². The number of rotatable bonds is 0. The molecule has 0 aliphatic heterocycles. The van der Waals surface area contributed by atoms with Crippen molar-refractivity contribution in [3.63, 3.8) is 0 Å². The molecule has 0 aliphatic rings. The van der Waals surface area contributed by atoms with Crippen LogP contribution in [-0.2, 0) is 14.1 Å². The number of aromatic nitrogens is 2. The second-order valence-corrected chi connectivity index (χ2v) is 9.31. The number of halogens is 2. The Morgan fingerprint density at radius 2 is 0.833 bits per heavy atom. The van der Waals surface area contributed by atoms with Crippen LogP contribution in [0.3, 0.4) is 0 Å². The quantitative estimate of drug-likeness (QED) is 0.191. The van der Waals surface area contributed by atoms with Crippen molar-refractivity contribution in [2.24, 2.45) is 14.1 Å². The zero-order valence-corrected chi connectivity index (χ0v) is 19.9. The van der Waals surface area contributed by atoms with Crippen LogP contribution in [0.2, 0.25) is 0 Å². The molecule has 0 N–H and O–H groups in total. The minimum absolute atomic E-state index is 1.12. The lowest BCUT2D eigenvalue weighted by atomic mass is 10.2. The number of hydrogen-bond donors (Lipinski definition) is 0. The Kier molecular flexibility index (Phi) is 4.92. The van der Waals surface area contributed by atoms with Crippen molar-refractivity contribution in [1.29, 1.82) is 0 Å². The van der Waals surface area contributed by atoms with Gasteiger partial charge >= 0.3 is 0 Å². The van der Waals surface area contributed by atoms with Crippen LogP contribution in [0.5, 0.6) is 0 Å². The first-order valence-corrected chi connectivity index (χ1v) is 11.4. The smallest absolute Gasteiger partial charge is 0.0489 e. The van der Waals surface area contributed by atoms with Crippen molar-refractivity contribution in [2.75, 3.05) is 0 Å². The Bertz CT molecular complexity index is 1430. The highest BCUT2D eigenvalue weighted by Crippen LogP contribution is 2.32. The number of para-hydroxylation sites is 2. The van der Waals surface area contributed by atoms with Crippen LogP contribution in [0.1, 0.15) is 0 Å². The van der Waals surface area contributed by atoms with Crippen molar-refractivity contribution in [3.8, 4) is 0 Å². The Morgan fingerprint density at radius 1 is 0.467 bits per heavy atom. The number of aryl methyl sites for hydroxylation is 2. The molecule has 0 aliphatic carbocycles. The molecule has 4 heteroatoms. The fourth-order valence-corrected chi connectivity index (χ4v) is 5.00. The maximum Gasteiger partial charge on any atom is 0.0489 e. The first-order valence-electron chi connectivity index (χ1n) is 9.80. The van der Waals surface area contributed by atoms with Gasteiger partial charge in [-0.2, -0.15) is 0 Å². The van der Waals surface area contributed by atoms with Crippen LogP contribution in [0.4, 0.5) is 0 Å². The van der Waals surface area contributed by atoms with Gasteiger partial charge in [-0.3, -0.25) is 0 Å². The summed E-state index contributed by atoms with van der Waals surface area (Å²) in [6.45, 7) is 0. The van der Waals surface area contributed by atoms with E-state index in [9.17, 15) is 0 Å². The van der Waals surface area contributed by atoms with E-state index in [1.807, 2.05) is 0 Å². The molecule has 0 bridgehead atoms. The van der Waals surface area contributed by atoms with Gasteiger partial charge in [0.15, 0.2) is 0 Å². The zero-order chi connectivity index (χ0) is 20.8. The normalized spacial score (nSPS) is 11.3. The predicted molar refractivity (Wildman–Crippen MR) is 136 cm³/mol. The summed E-state index contributed by atoms with van der Waals surface area (Å²) in [7, 11) is 4.22. The third-order valence-electron chi connectivity index (χ3n) is 5.75. The van der Waals surface area contributed by atoms with E-state index in [4.69, 9.17) is 0 Å². The summed E-state index contributed by atoms with van der Waals surface area (Å²) in [5, 5.41) is 5.25. The summed E-state index contributed by atoms with van der Waals surface area (Å²) in [5.74, 6) is 0. The average Bonchev–Trinajstić information content (AvgIpc) is 3.21. The second kappa shape index (κ2) is 7.60. The summed E-state index contributed by atoms with van der Waals surface area (Å²) in [6, 6.07) is 29.8. The van der Waals surface area contributed by atoms with Crippen molar-refractivity contribution >= 4 is 75.5 Å². The zero-order valence-electron chi connectivity index (χ0n) is 16.7. The highest BCUT2D eigenvalue weighted by molar-refractivity contribution is 9.10. The van der Waals surface area contributed by atoms with Crippen molar-refractivity contribution in [2.45, 2.75) is 0 Å². The monoisotopic (exact) mass is 518 g/mol. The van der Waals surface area contributed by atoms with Crippen LogP contribution in [0, 0.1) is 0 Å². The van der Waals surface area contributed by atoms with E-state index in [0.717, 1.165) is 8.95 Å². The molecule has 0 saturated heterocycles. The predicted octanol–water partition coefficient (Wildman–Crippen LogP) is 8.19. The highest BCUT2D eigenvalue weighted by Gasteiger charge is 2.08. The largest absolute Gasteiger partial charge is 0.344 e. The van der Waals surface area contributed by atoms with Gasteiger partial charge in [-0.1, -0.05) is 68.3 Å². The summed E-state index contributed by atoms with van der Waals surface area (Å²) in [5.41, 5.74) is 5.12. The van der Waals surface area contributed by atoms with E-state index < -0.39 is 0 Å². The molecule has 4 aromatic carbocycles. The van der Waals surface area contributed by atoms with Gasteiger partial charge in [0, 0.05) is 66.7 Å². The first kappa shape index (κ1) is 19.4. The third-order valence-corrected chi connectivity index (χ3v) is 6.74. The molecule has 2 aromatic heterocycles. The van der Waals surface area contributed by atoms with Gasteiger partial charge in [-0.05, 0) is 48.5 Å². The van der Waals surface area contributed by atoms with Gasteiger partial charge in [0.25, 0.3) is 0 Å². The molecule has 0 saturated carbocycles. The second-order valence-electron chi connectivity index (χ2n) is 7.48. The van der Waals surface area contributed by atoms with E-state index in [0.29, 0.717) is 0 Å². The van der Waals surface area contributed by atoms with E-state index in [1.165, 1.54) is 43.6 Å².